The number of hydrogen-bond donors (Lipinski definition) is 1. The van der Waals surface area contributed by atoms with Crippen LogP contribution in [0.25, 0.3) is 0 Å². The van der Waals surface area contributed by atoms with Crippen LogP contribution in [0.4, 0.5) is 0 Å². The molecule has 1 atom stereocenters. The highest BCUT2D eigenvalue weighted by Crippen LogP contribution is 2.19. The standard InChI is InChI=1S/C22H26Br2N2O2S/c1-15(2)25-22(28)16(3)26(12-17-4-8-19(23)9-5-17)21(27)14-29-13-18-6-10-20(24)11-7-18/h4-11,15-16H,12-14H2,1-3H3,(H,25,28)/t16-/m1/s1. The van der Waals surface area contributed by atoms with Gasteiger partial charge in [-0.3, -0.25) is 9.59 Å². The maximum atomic E-state index is 13.0. The van der Waals surface area contributed by atoms with Crippen molar-refractivity contribution in [2.24, 2.45) is 0 Å². The lowest BCUT2D eigenvalue weighted by molar-refractivity contribution is -0.138. The van der Waals surface area contributed by atoms with E-state index in [1.807, 2.05) is 62.4 Å². The molecule has 2 amide bonds. The predicted molar refractivity (Wildman–Crippen MR) is 128 cm³/mol. The average molecular weight is 542 g/mol. The van der Waals surface area contributed by atoms with Gasteiger partial charge >= 0.3 is 0 Å². The van der Waals surface area contributed by atoms with Gasteiger partial charge in [0.25, 0.3) is 0 Å². The van der Waals surface area contributed by atoms with Gasteiger partial charge in [-0.15, -0.1) is 11.8 Å². The Morgan fingerprint density at radius 1 is 0.931 bits per heavy atom. The van der Waals surface area contributed by atoms with E-state index < -0.39 is 6.04 Å². The minimum atomic E-state index is -0.540. The molecule has 0 unspecified atom stereocenters. The molecular formula is C22H26Br2N2O2S. The van der Waals surface area contributed by atoms with Crippen molar-refractivity contribution in [1.29, 1.82) is 0 Å². The third-order valence-electron chi connectivity index (χ3n) is 4.27. The number of rotatable bonds is 9. The van der Waals surface area contributed by atoms with Crippen LogP contribution in [0.1, 0.15) is 31.9 Å². The summed E-state index contributed by atoms with van der Waals surface area (Å²) in [5, 5.41) is 2.91. The van der Waals surface area contributed by atoms with E-state index in [9.17, 15) is 9.59 Å². The Hall–Kier alpha value is -1.31. The topological polar surface area (TPSA) is 49.4 Å². The van der Waals surface area contributed by atoms with Crippen molar-refractivity contribution in [2.75, 3.05) is 5.75 Å². The molecular weight excluding hydrogens is 516 g/mol. The fourth-order valence-corrected chi connectivity index (χ4v) is 4.09. The van der Waals surface area contributed by atoms with Gasteiger partial charge in [0.05, 0.1) is 5.75 Å². The molecule has 0 saturated heterocycles. The number of carbonyl (C=O) groups excluding carboxylic acids is 2. The lowest BCUT2D eigenvalue weighted by atomic mass is 10.1. The number of benzene rings is 2. The third-order valence-corrected chi connectivity index (χ3v) is 6.32. The minimum Gasteiger partial charge on any atom is -0.352 e. The van der Waals surface area contributed by atoms with Gasteiger partial charge in [-0.25, -0.2) is 0 Å². The summed E-state index contributed by atoms with van der Waals surface area (Å²) in [6.07, 6.45) is 0. The Morgan fingerprint density at radius 3 is 1.97 bits per heavy atom. The Labute approximate surface area is 194 Å². The molecule has 7 heteroatoms. The number of nitrogens with one attached hydrogen (secondary N) is 1. The molecule has 2 aromatic rings. The van der Waals surface area contributed by atoms with Crippen LogP contribution in [0.5, 0.6) is 0 Å². The van der Waals surface area contributed by atoms with Crippen LogP contribution >= 0.6 is 43.6 Å². The van der Waals surface area contributed by atoms with Gasteiger partial charge in [-0.05, 0) is 56.2 Å². The number of amides is 2. The van der Waals surface area contributed by atoms with E-state index in [2.05, 4.69) is 37.2 Å². The van der Waals surface area contributed by atoms with Crippen LogP contribution in [0.15, 0.2) is 57.5 Å². The van der Waals surface area contributed by atoms with Crippen LogP contribution in [-0.2, 0) is 21.9 Å². The lowest BCUT2D eigenvalue weighted by Crippen LogP contribution is -2.49. The molecule has 2 aromatic carbocycles. The summed E-state index contributed by atoms with van der Waals surface area (Å²) in [6, 6.07) is 15.4. The smallest absolute Gasteiger partial charge is 0.242 e. The first-order chi connectivity index (χ1) is 13.8. The summed E-state index contributed by atoms with van der Waals surface area (Å²) >= 11 is 8.42. The number of hydrogen-bond acceptors (Lipinski definition) is 3. The largest absolute Gasteiger partial charge is 0.352 e. The van der Waals surface area contributed by atoms with Crippen molar-refractivity contribution < 1.29 is 9.59 Å². The molecule has 0 aliphatic rings. The van der Waals surface area contributed by atoms with E-state index in [0.717, 1.165) is 25.8 Å². The van der Waals surface area contributed by atoms with Crippen molar-refractivity contribution >= 4 is 55.4 Å². The quantitative estimate of drug-likeness (QED) is 0.463. The lowest BCUT2D eigenvalue weighted by Gasteiger charge is -2.29. The first-order valence-electron chi connectivity index (χ1n) is 9.42. The Bertz CT molecular complexity index is 811. The molecule has 0 aliphatic carbocycles. The summed E-state index contributed by atoms with van der Waals surface area (Å²) in [6.45, 7) is 6.02. The van der Waals surface area contributed by atoms with Crippen molar-refractivity contribution in [2.45, 2.75) is 45.2 Å². The minimum absolute atomic E-state index is 0.0290. The van der Waals surface area contributed by atoms with Gasteiger partial charge < -0.3 is 10.2 Å². The van der Waals surface area contributed by atoms with E-state index in [-0.39, 0.29) is 17.9 Å². The second kappa shape index (κ2) is 11.8. The zero-order valence-electron chi connectivity index (χ0n) is 16.8. The number of nitrogens with zero attached hydrogens (tertiary/aromatic N) is 1. The highest BCUT2D eigenvalue weighted by atomic mass is 79.9. The number of carbonyl (C=O) groups is 2. The summed E-state index contributed by atoms with van der Waals surface area (Å²) in [4.78, 5) is 27.2. The number of thioether (sulfide) groups is 1. The third kappa shape index (κ3) is 8.15. The molecule has 0 radical (unpaired) electrons. The van der Waals surface area contributed by atoms with E-state index in [1.54, 1.807) is 23.6 Å². The normalized spacial score (nSPS) is 11.9. The summed E-state index contributed by atoms with van der Waals surface area (Å²) in [7, 11) is 0. The molecule has 0 aromatic heterocycles. The summed E-state index contributed by atoms with van der Waals surface area (Å²) in [5.74, 6) is 0.897. The molecule has 0 saturated carbocycles. The van der Waals surface area contributed by atoms with E-state index >= 15 is 0 Å². The van der Waals surface area contributed by atoms with Crippen molar-refractivity contribution in [3.8, 4) is 0 Å². The molecule has 2 rings (SSSR count). The van der Waals surface area contributed by atoms with Gasteiger partial charge in [0.1, 0.15) is 6.04 Å². The van der Waals surface area contributed by atoms with Crippen LogP contribution in [0.2, 0.25) is 0 Å². The van der Waals surface area contributed by atoms with Gasteiger partial charge in [0.15, 0.2) is 0 Å². The van der Waals surface area contributed by atoms with Crippen LogP contribution in [-0.4, -0.2) is 34.6 Å². The first-order valence-corrected chi connectivity index (χ1v) is 12.2. The highest BCUT2D eigenvalue weighted by molar-refractivity contribution is 9.10. The SMILES string of the molecule is CC(C)NC(=O)[C@@H](C)N(Cc1ccc(Br)cc1)C(=O)CSCc1ccc(Br)cc1. The van der Waals surface area contributed by atoms with Crippen LogP contribution in [0.3, 0.4) is 0 Å². The van der Waals surface area contributed by atoms with E-state index in [4.69, 9.17) is 0 Å². The molecule has 0 aliphatic heterocycles. The number of halogens is 2. The second-order valence-electron chi connectivity index (χ2n) is 7.11. The molecule has 0 heterocycles. The second-order valence-corrected chi connectivity index (χ2v) is 9.92. The monoisotopic (exact) mass is 540 g/mol. The average Bonchev–Trinajstić information content (AvgIpc) is 2.68. The van der Waals surface area contributed by atoms with Crippen molar-refractivity contribution in [1.82, 2.24) is 10.2 Å². The summed E-state index contributed by atoms with van der Waals surface area (Å²) in [5.41, 5.74) is 2.15. The van der Waals surface area contributed by atoms with Crippen molar-refractivity contribution in [3.63, 3.8) is 0 Å². The fraction of sp³-hybridized carbons (Fsp3) is 0.364. The molecule has 0 spiro atoms. The van der Waals surface area contributed by atoms with Gasteiger partial charge in [-0.1, -0.05) is 56.1 Å². The van der Waals surface area contributed by atoms with Crippen LogP contribution in [0, 0.1) is 0 Å². The molecule has 0 fully saturated rings. The first kappa shape index (κ1) is 24.0. The predicted octanol–water partition coefficient (Wildman–Crippen LogP) is 5.39. The molecule has 1 N–H and O–H groups in total. The molecule has 156 valence electrons. The summed E-state index contributed by atoms with van der Waals surface area (Å²) < 4.78 is 2.02. The fourth-order valence-electron chi connectivity index (χ4n) is 2.69. The zero-order valence-corrected chi connectivity index (χ0v) is 20.8. The Balaban J connectivity index is 2.05. The Morgan fingerprint density at radius 2 is 1.45 bits per heavy atom. The molecule has 4 nitrogen and oxygen atoms in total. The maximum Gasteiger partial charge on any atom is 0.242 e. The zero-order chi connectivity index (χ0) is 21.4. The Kier molecular flexibility index (Phi) is 9.72. The van der Waals surface area contributed by atoms with Gasteiger partial charge in [0.2, 0.25) is 11.8 Å². The molecule has 29 heavy (non-hydrogen) atoms. The molecule has 0 bridgehead atoms. The van der Waals surface area contributed by atoms with Crippen molar-refractivity contribution in [3.05, 3.63) is 68.6 Å². The van der Waals surface area contributed by atoms with Gasteiger partial charge in [-0.2, -0.15) is 0 Å². The van der Waals surface area contributed by atoms with Crippen LogP contribution < -0.4 is 5.32 Å². The maximum absolute atomic E-state index is 13.0. The van der Waals surface area contributed by atoms with E-state index in [1.165, 1.54) is 0 Å². The van der Waals surface area contributed by atoms with E-state index in [0.29, 0.717) is 12.3 Å². The highest BCUT2D eigenvalue weighted by Gasteiger charge is 2.26. The van der Waals surface area contributed by atoms with Gasteiger partial charge in [0, 0.05) is 27.3 Å².